The van der Waals surface area contributed by atoms with Gasteiger partial charge in [0.1, 0.15) is 0 Å². The summed E-state index contributed by atoms with van der Waals surface area (Å²) in [7, 11) is 0. The average molecular weight is 345 g/mol. The molecule has 0 heterocycles. The van der Waals surface area contributed by atoms with Crippen molar-refractivity contribution in [1.82, 2.24) is 4.90 Å². The number of halogens is 1. The van der Waals surface area contributed by atoms with E-state index in [4.69, 9.17) is 15.2 Å². The minimum Gasteiger partial charge on any atom is -0.398 e. The molecule has 0 amide bonds. The lowest BCUT2D eigenvalue weighted by molar-refractivity contribution is 0.0798. The van der Waals surface area contributed by atoms with Crippen LogP contribution in [0.2, 0.25) is 0 Å². The number of ether oxygens (including phenoxy) is 2. The Kier molecular flexibility index (Phi) is 8.85. The van der Waals surface area contributed by atoms with Gasteiger partial charge in [0.15, 0.2) is 0 Å². The van der Waals surface area contributed by atoms with Crippen LogP contribution in [0.15, 0.2) is 22.7 Å². The number of nitrogens with zero attached hydrogens (tertiary/aromatic N) is 1. The topological polar surface area (TPSA) is 47.7 Å². The molecule has 0 aliphatic carbocycles. The van der Waals surface area contributed by atoms with Crippen molar-refractivity contribution in [3.8, 4) is 0 Å². The Morgan fingerprint density at radius 3 is 2.20 bits per heavy atom. The lowest BCUT2D eigenvalue weighted by atomic mass is 10.2. The van der Waals surface area contributed by atoms with E-state index >= 15 is 0 Å². The zero-order valence-corrected chi connectivity index (χ0v) is 14.0. The lowest BCUT2D eigenvalue weighted by Crippen LogP contribution is -2.30. The van der Waals surface area contributed by atoms with Crippen LogP contribution < -0.4 is 5.73 Å². The first kappa shape index (κ1) is 17.4. The van der Waals surface area contributed by atoms with Gasteiger partial charge in [0.2, 0.25) is 0 Å². The first-order chi connectivity index (χ1) is 9.67. The number of benzene rings is 1. The zero-order chi connectivity index (χ0) is 14.8. The van der Waals surface area contributed by atoms with Gasteiger partial charge in [0.25, 0.3) is 0 Å². The maximum atomic E-state index is 5.92. The SMILES string of the molecule is CCOCCN(CCOCC)Cc1ccc(Br)c(N)c1. The summed E-state index contributed by atoms with van der Waals surface area (Å²) in [6.45, 7) is 9.68. The average Bonchev–Trinajstić information content (AvgIpc) is 2.43. The first-order valence-electron chi connectivity index (χ1n) is 7.09. The molecule has 0 fully saturated rings. The van der Waals surface area contributed by atoms with Gasteiger partial charge in [-0.25, -0.2) is 0 Å². The molecule has 114 valence electrons. The Balaban J connectivity index is 2.54. The van der Waals surface area contributed by atoms with Crippen LogP contribution >= 0.6 is 15.9 Å². The summed E-state index contributed by atoms with van der Waals surface area (Å²) in [4.78, 5) is 2.33. The summed E-state index contributed by atoms with van der Waals surface area (Å²) in [6, 6.07) is 6.10. The molecule has 0 unspecified atom stereocenters. The highest BCUT2D eigenvalue weighted by atomic mass is 79.9. The predicted octanol–water partition coefficient (Wildman–Crippen LogP) is 2.91. The molecule has 0 radical (unpaired) electrons. The van der Waals surface area contributed by atoms with Gasteiger partial charge in [-0.2, -0.15) is 0 Å². The van der Waals surface area contributed by atoms with Crippen molar-refractivity contribution in [3.63, 3.8) is 0 Å². The van der Waals surface area contributed by atoms with E-state index in [-0.39, 0.29) is 0 Å². The molecule has 0 saturated heterocycles. The van der Waals surface area contributed by atoms with Crippen molar-refractivity contribution in [2.24, 2.45) is 0 Å². The van der Waals surface area contributed by atoms with Gasteiger partial charge in [-0.3, -0.25) is 4.90 Å². The highest BCUT2D eigenvalue weighted by Crippen LogP contribution is 2.21. The number of hydrogen-bond acceptors (Lipinski definition) is 4. The summed E-state index contributed by atoms with van der Waals surface area (Å²) in [5.74, 6) is 0. The molecule has 2 N–H and O–H groups in total. The molecule has 0 atom stereocenters. The van der Waals surface area contributed by atoms with Gasteiger partial charge in [-0.05, 0) is 47.5 Å². The van der Waals surface area contributed by atoms with E-state index in [1.165, 1.54) is 5.56 Å². The highest BCUT2D eigenvalue weighted by Gasteiger charge is 2.07. The third-order valence-electron chi connectivity index (χ3n) is 2.98. The molecule has 20 heavy (non-hydrogen) atoms. The van der Waals surface area contributed by atoms with Crippen molar-refractivity contribution in [1.29, 1.82) is 0 Å². The fourth-order valence-electron chi connectivity index (χ4n) is 1.90. The van der Waals surface area contributed by atoms with Gasteiger partial charge < -0.3 is 15.2 Å². The van der Waals surface area contributed by atoms with E-state index in [1.54, 1.807) is 0 Å². The summed E-state index contributed by atoms with van der Waals surface area (Å²) in [5, 5.41) is 0. The zero-order valence-electron chi connectivity index (χ0n) is 12.4. The second-order valence-electron chi connectivity index (χ2n) is 4.53. The van der Waals surface area contributed by atoms with Crippen molar-refractivity contribution < 1.29 is 9.47 Å². The Hall–Kier alpha value is -0.620. The van der Waals surface area contributed by atoms with E-state index in [0.29, 0.717) is 0 Å². The van der Waals surface area contributed by atoms with Crippen LogP contribution in [0, 0.1) is 0 Å². The van der Waals surface area contributed by atoms with Crippen LogP contribution in [0.5, 0.6) is 0 Å². The van der Waals surface area contributed by atoms with Crippen molar-refractivity contribution in [2.45, 2.75) is 20.4 Å². The predicted molar refractivity (Wildman–Crippen MR) is 86.8 cm³/mol. The summed E-state index contributed by atoms with van der Waals surface area (Å²) in [5.41, 5.74) is 7.91. The summed E-state index contributed by atoms with van der Waals surface area (Å²) >= 11 is 3.42. The van der Waals surface area contributed by atoms with Gasteiger partial charge in [-0.15, -0.1) is 0 Å². The smallest absolute Gasteiger partial charge is 0.0593 e. The van der Waals surface area contributed by atoms with E-state index in [1.807, 2.05) is 26.0 Å². The second-order valence-corrected chi connectivity index (χ2v) is 5.38. The molecular formula is C15H25BrN2O2. The van der Waals surface area contributed by atoms with E-state index in [2.05, 4.69) is 26.9 Å². The number of nitrogen functional groups attached to an aromatic ring is 1. The Bertz CT molecular complexity index is 378. The maximum absolute atomic E-state index is 5.92. The summed E-state index contributed by atoms with van der Waals surface area (Å²) in [6.07, 6.45) is 0. The van der Waals surface area contributed by atoms with Gasteiger partial charge >= 0.3 is 0 Å². The van der Waals surface area contributed by atoms with Gasteiger partial charge in [-0.1, -0.05) is 6.07 Å². The van der Waals surface area contributed by atoms with Crippen LogP contribution in [-0.2, 0) is 16.0 Å². The Morgan fingerprint density at radius 2 is 1.70 bits per heavy atom. The second kappa shape index (κ2) is 10.2. The standard InChI is InChI=1S/C15H25BrN2O2/c1-3-19-9-7-18(8-10-20-4-2)12-13-5-6-14(16)15(17)11-13/h5-6,11H,3-4,7-10,12,17H2,1-2H3. The van der Waals surface area contributed by atoms with Gasteiger partial charge in [0.05, 0.1) is 13.2 Å². The fraction of sp³-hybridized carbons (Fsp3) is 0.600. The van der Waals surface area contributed by atoms with Crippen LogP contribution in [-0.4, -0.2) is 44.4 Å². The molecule has 0 spiro atoms. The van der Waals surface area contributed by atoms with Gasteiger partial charge in [0, 0.05) is 43.0 Å². The quantitative estimate of drug-likeness (QED) is 0.523. The van der Waals surface area contributed by atoms with E-state index in [9.17, 15) is 0 Å². The molecule has 0 saturated carbocycles. The molecule has 0 aromatic heterocycles. The molecule has 1 aromatic carbocycles. The molecule has 5 heteroatoms. The summed E-state index contributed by atoms with van der Waals surface area (Å²) < 4.78 is 11.8. The fourth-order valence-corrected chi connectivity index (χ4v) is 2.14. The highest BCUT2D eigenvalue weighted by molar-refractivity contribution is 9.10. The van der Waals surface area contributed by atoms with Crippen molar-refractivity contribution in [3.05, 3.63) is 28.2 Å². The number of hydrogen-bond donors (Lipinski definition) is 1. The molecule has 0 bridgehead atoms. The van der Waals surface area contributed by atoms with Crippen molar-refractivity contribution >= 4 is 21.6 Å². The number of nitrogens with two attached hydrogens (primary N) is 1. The normalized spacial score (nSPS) is 11.2. The third-order valence-corrected chi connectivity index (χ3v) is 3.70. The number of rotatable bonds is 10. The number of anilines is 1. The van der Waals surface area contributed by atoms with E-state index in [0.717, 1.165) is 56.2 Å². The lowest BCUT2D eigenvalue weighted by Gasteiger charge is -2.22. The molecule has 0 aliphatic rings. The first-order valence-corrected chi connectivity index (χ1v) is 7.88. The van der Waals surface area contributed by atoms with Crippen LogP contribution in [0.1, 0.15) is 19.4 Å². The minimum atomic E-state index is 0.745. The van der Waals surface area contributed by atoms with Crippen LogP contribution in [0.3, 0.4) is 0 Å². The third kappa shape index (κ3) is 6.70. The molecule has 1 aromatic rings. The molecule has 1 rings (SSSR count). The van der Waals surface area contributed by atoms with Crippen molar-refractivity contribution in [2.75, 3.05) is 45.3 Å². The van der Waals surface area contributed by atoms with Crippen LogP contribution in [0.25, 0.3) is 0 Å². The van der Waals surface area contributed by atoms with E-state index < -0.39 is 0 Å². The Labute approximate surface area is 130 Å². The Morgan fingerprint density at radius 1 is 1.10 bits per heavy atom. The van der Waals surface area contributed by atoms with Crippen LogP contribution in [0.4, 0.5) is 5.69 Å². The maximum Gasteiger partial charge on any atom is 0.0593 e. The largest absolute Gasteiger partial charge is 0.398 e. The monoisotopic (exact) mass is 344 g/mol. The molecule has 0 aliphatic heterocycles. The minimum absolute atomic E-state index is 0.745. The molecular weight excluding hydrogens is 320 g/mol. The molecule has 4 nitrogen and oxygen atoms in total.